The number of carbonyl (C=O) groups is 1. The van der Waals surface area contributed by atoms with E-state index in [1.165, 1.54) is 25.9 Å². The van der Waals surface area contributed by atoms with Crippen molar-refractivity contribution in [1.29, 1.82) is 0 Å². The molecule has 2 aromatic rings. The van der Waals surface area contributed by atoms with Crippen molar-refractivity contribution in [1.82, 2.24) is 9.88 Å². The number of ketones is 1. The van der Waals surface area contributed by atoms with E-state index in [2.05, 4.69) is 16.0 Å². The molecule has 3 nitrogen and oxygen atoms in total. The Morgan fingerprint density at radius 1 is 1.23 bits per heavy atom. The maximum absolute atomic E-state index is 12.7. The number of carbonyl (C=O) groups excluding carboxylic acids is 1. The number of fused-ring (bicyclic) bond motifs is 4. The average Bonchev–Trinajstić information content (AvgIpc) is 2.55. The Balaban J connectivity index is 1.54. The van der Waals surface area contributed by atoms with E-state index in [4.69, 9.17) is 0 Å². The summed E-state index contributed by atoms with van der Waals surface area (Å²) in [6, 6.07) is 9.99. The van der Waals surface area contributed by atoms with Gasteiger partial charge in [0.15, 0.2) is 5.78 Å². The summed E-state index contributed by atoms with van der Waals surface area (Å²) in [7, 11) is 0. The fourth-order valence-corrected chi connectivity index (χ4v) is 4.08. The highest BCUT2D eigenvalue weighted by Crippen LogP contribution is 2.35. The smallest absolute Gasteiger partial charge is 0.163 e. The van der Waals surface area contributed by atoms with Crippen molar-refractivity contribution in [3.8, 4) is 0 Å². The maximum atomic E-state index is 12.7. The minimum absolute atomic E-state index is 0.293. The van der Waals surface area contributed by atoms with Crippen LogP contribution in [0.1, 0.15) is 35.3 Å². The van der Waals surface area contributed by atoms with Crippen molar-refractivity contribution in [2.75, 3.05) is 19.6 Å². The van der Waals surface area contributed by atoms with Crippen LogP contribution in [0, 0.1) is 18.8 Å². The molecule has 3 heteroatoms. The zero-order valence-corrected chi connectivity index (χ0v) is 13.1. The van der Waals surface area contributed by atoms with Gasteiger partial charge in [0.2, 0.25) is 0 Å². The molecule has 0 saturated carbocycles. The van der Waals surface area contributed by atoms with Gasteiger partial charge < -0.3 is 4.90 Å². The Morgan fingerprint density at radius 2 is 2.05 bits per heavy atom. The zero-order chi connectivity index (χ0) is 15.1. The van der Waals surface area contributed by atoms with Gasteiger partial charge in [0, 0.05) is 29.6 Å². The summed E-state index contributed by atoms with van der Waals surface area (Å²) in [5.41, 5.74) is 2.83. The molecule has 3 aliphatic heterocycles. The molecule has 0 amide bonds. The number of nitrogens with zero attached hydrogens (tertiary/aromatic N) is 2. The predicted octanol–water partition coefficient (Wildman–Crippen LogP) is 3.46. The fraction of sp³-hybridized carbons (Fsp3) is 0.474. The molecule has 3 saturated heterocycles. The van der Waals surface area contributed by atoms with E-state index < -0.39 is 0 Å². The maximum Gasteiger partial charge on any atom is 0.163 e. The number of piperidine rings is 3. The van der Waals surface area contributed by atoms with Crippen molar-refractivity contribution in [2.45, 2.75) is 26.2 Å². The van der Waals surface area contributed by atoms with Crippen LogP contribution in [-0.2, 0) is 0 Å². The normalized spacial score (nSPS) is 27.2. The molecule has 114 valence electrons. The monoisotopic (exact) mass is 294 g/mol. The van der Waals surface area contributed by atoms with E-state index in [-0.39, 0.29) is 0 Å². The van der Waals surface area contributed by atoms with Gasteiger partial charge >= 0.3 is 0 Å². The minimum Gasteiger partial charge on any atom is -0.303 e. The van der Waals surface area contributed by atoms with Crippen LogP contribution >= 0.6 is 0 Å². The van der Waals surface area contributed by atoms with Gasteiger partial charge in [-0.2, -0.15) is 0 Å². The Labute approximate surface area is 131 Å². The fourth-order valence-electron chi connectivity index (χ4n) is 4.08. The van der Waals surface area contributed by atoms with E-state index in [1.54, 1.807) is 0 Å². The second-order valence-electron chi connectivity index (χ2n) is 6.89. The van der Waals surface area contributed by atoms with Gasteiger partial charge in [-0.25, -0.2) is 0 Å². The highest BCUT2D eigenvalue weighted by molar-refractivity contribution is 5.99. The number of pyridine rings is 1. The first-order valence-corrected chi connectivity index (χ1v) is 8.32. The standard InChI is InChI=1S/C19H22N2O/c1-13-2-3-15-10-16(4-5-18(15)20-13)19(22)11-17-12-21-8-6-14(17)7-9-21/h2-5,10,14,17H,6-9,11-12H2,1H3. The Morgan fingerprint density at radius 3 is 2.77 bits per heavy atom. The molecule has 0 N–H and O–H groups in total. The molecule has 1 aromatic heterocycles. The van der Waals surface area contributed by atoms with Crippen molar-refractivity contribution in [2.24, 2.45) is 11.8 Å². The number of aromatic nitrogens is 1. The van der Waals surface area contributed by atoms with Crippen molar-refractivity contribution in [3.05, 3.63) is 41.6 Å². The molecule has 3 aliphatic rings. The largest absolute Gasteiger partial charge is 0.303 e. The van der Waals surface area contributed by atoms with E-state index in [1.807, 2.05) is 31.2 Å². The van der Waals surface area contributed by atoms with Crippen LogP contribution in [0.2, 0.25) is 0 Å². The van der Waals surface area contributed by atoms with Gasteiger partial charge in [-0.15, -0.1) is 0 Å². The molecule has 0 radical (unpaired) electrons. The molecule has 1 aromatic carbocycles. The molecule has 2 bridgehead atoms. The van der Waals surface area contributed by atoms with Crippen molar-refractivity contribution in [3.63, 3.8) is 0 Å². The number of hydrogen-bond donors (Lipinski definition) is 0. The van der Waals surface area contributed by atoms with E-state index in [9.17, 15) is 4.79 Å². The van der Waals surface area contributed by atoms with Crippen LogP contribution in [0.4, 0.5) is 0 Å². The van der Waals surface area contributed by atoms with E-state index >= 15 is 0 Å². The Bertz CT molecular complexity index is 716. The number of benzene rings is 1. The van der Waals surface area contributed by atoms with Gasteiger partial charge in [-0.05, 0) is 69.0 Å². The third-order valence-electron chi connectivity index (χ3n) is 5.39. The van der Waals surface area contributed by atoms with Crippen LogP contribution in [-0.4, -0.2) is 35.3 Å². The summed E-state index contributed by atoms with van der Waals surface area (Å²) in [6.45, 7) is 5.57. The summed E-state index contributed by atoms with van der Waals surface area (Å²) in [6.07, 6.45) is 3.25. The first-order valence-electron chi connectivity index (χ1n) is 8.32. The second-order valence-corrected chi connectivity index (χ2v) is 6.89. The van der Waals surface area contributed by atoms with Crippen LogP contribution in [0.3, 0.4) is 0 Å². The van der Waals surface area contributed by atoms with Crippen LogP contribution in [0.15, 0.2) is 30.3 Å². The minimum atomic E-state index is 0.293. The molecule has 5 rings (SSSR count). The van der Waals surface area contributed by atoms with Crippen LogP contribution < -0.4 is 0 Å². The molecule has 1 unspecified atom stereocenters. The van der Waals surface area contributed by atoms with Gasteiger partial charge in [0.1, 0.15) is 0 Å². The lowest BCUT2D eigenvalue weighted by Crippen LogP contribution is -2.47. The van der Waals surface area contributed by atoms with Gasteiger partial charge in [0.25, 0.3) is 0 Å². The zero-order valence-electron chi connectivity index (χ0n) is 13.1. The van der Waals surface area contributed by atoms with Gasteiger partial charge in [-0.3, -0.25) is 9.78 Å². The summed E-state index contributed by atoms with van der Waals surface area (Å²) >= 11 is 0. The van der Waals surface area contributed by atoms with Crippen molar-refractivity contribution < 1.29 is 4.79 Å². The lowest BCUT2D eigenvalue weighted by molar-refractivity contribution is 0.0441. The lowest BCUT2D eigenvalue weighted by atomic mass is 9.76. The molecular formula is C19H22N2O. The number of hydrogen-bond acceptors (Lipinski definition) is 3. The lowest BCUT2D eigenvalue weighted by Gasteiger charge is -2.44. The SMILES string of the molecule is Cc1ccc2cc(C(=O)CC3CN4CCC3CC4)ccc2n1. The van der Waals surface area contributed by atoms with Crippen LogP contribution in [0.5, 0.6) is 0 Å². The molecule has 4 heterocycles. The highest BCUT2D eigenvalue weighted by Gasteiger charge is 2.35. The predicted molar refractivity (Wildman–Crippen MR) is 88.1 cm³/mol. The summed E-state index contributed by atoms with van der Waals surface area (Å²) in [5.74, 6) is 1.61. The first-order chi connectivity index (χ1) is 10.7. The van der Waals surface area contributed by atoms with Crippen molar-refractivity contribution >= 4 is 16.7 Å². The number of Topliss-reactive ketones (excluding diaryl/α,β-unsaturated/α-hetero) is 1. The van der Waals surface area contributed by atoms with Gasteiger partial charge in [0.05, 0.1) is 5.52 Å². The molecule has 1 atom stereocenters. The third kappa shape index (κ3) is 2.54. The van der Waals surface area contributed by atoms with E-state index in [0.29, 0.717) is 18.1 Å². The summed E-state index contributed by atoms with van der Waals surface area (Å²) in [5, 5.41) is 1.06. The quantitative estimate of drug-likeness (QED) is 0.813. The molecule has 3 fully saturated rings. The third-order valence-corrected chi connectivity index (χ3v) is 5.39. The molecule has 0 aliphatic carbocycles. The van der Waals surface area contributed by atoms with E-state index in [0.717, 1.165) is 34.6 Å². The Hall–Kier alpha value is -1.74. The van der Waals surface area contributed by atoms with Crippen LogP contribution in [0.25, 0.3) is 10.9 Å². The first kappa shape index (κ1) is 13.9. The van der Waals surface area contributed by atoms with Gasteiger partial charge in [-0.1, -0.05) is 6.07 Å². The number of rotatable bonds is 3. The highest BCUT2D eigenvalue weighted by atomic mass is 16.1. The topological polar surface area (TPSA) is 33.2 Å². The molecule has 22 heavy (non-hydrogen) atoms. The summed E-state index contributed by atoms with van der Waals surface area (Å²) in [4.78, 5) is 19.7. The molecule has 0 spiro atoms. The molecular weight excluding hydrogens is 272 g/mol. The average molecular weight is 294 g/mol. The Kier molecular flexibility index (Phi) is 3.45. The number of aryl methyl sites for hydroxylation is 1. The second kappa shape index (κ2) is 5.47. The summed E-state index contributed by atoms with van der Waals surface area (Å²) < 4.78 is 0.